The van der Waals surface area contributed by atoms with Gasteiger partial charge in [0.2, 0.25) is 0 Å². The van der Waals surface area contributed by atoms with E-state index in [0.717, 1.165) is 41.5 Å². The molecule has 4 aromatic rings. The highest BCUT2D eigenvalue weighted by Gasteiger charge is 2.24. The predicted octanol–water partition coefficient (Wildman–Crippen LogP) is 5.40. The summed E-state index contributed by atoms with van der Waals surface area (Å²) in [6, 6.07) is 25.6. The zero-order chi connectivity index (χ0) is 23.3. The summed E-state index contributed by atoms with van der Waals surface area (Å²) < 4.78 is 0. The van der Waals surface area contributed by atoms with Crippen LogP contribution in [0.5, 0.6) is 0 Å². The summed E-state index contributed by atoms with van der Waals surface area (Å²) in [6.07, 6.45) is 5.09. The first kappa shape index (κ1) is 21.9. The van der Waals surface area contributed by atoms with E-state index in [9.17, 15) is 4.79 Å². The van der Waals surface area contributed by atoms with Crippen LogP contribution in [0, 0.1) is 11.3 Å². The van der Waals surface area contributed by atoms with Crippen LogP contribution in [-0.4, -0.2) is 30.4 Å². The van der Waals surface area contributed by atoms with Gasteiger partial charge in [-0.2, -0.15) is 5.26 Å². The third-order valence-electron chi connectivity index (χ3n) is 6.64. The molecule has 3 aromatic carbocycles. The summed E-state index contributed by atoms with van der Waals surface area (Å²) in [4.78, 5) is 19.5. The number of carbonyl (C=O) groups excluding carboxylic acids is 1. The molecule has 0 saturated carbocycles. The summed E-state index contributed by atoms with van der Waals surface area (Å²) in [5.74, 6) is 0.0613. The van der Waals surface area contributed by atoms with Gasteiger partial charge in [-0.25, -0.2) is 0 Å². The molecule has 1 aromatic heterocycles. The van der Waals surface area contributed by atoms with Crippen molar-refractivity contribution in [1.82, 2.24) is 10.3 Å². The Hall–Kier alpha value is -3.88. The van der Waals surface area contributed by atoms with Crippen molar-refractivity contribution < 1.29 is 4.79 Å². The van der Waals surface area contributed by atoms with Crippen molar-refractivity contribution in [1.29, 1.82) is 5.26 Å². The second-order valence-electron chi connectivity index (χ2n) is 8.85. The number of aromatic amines is 1. The van der Waals surface area contributed by atoms with Crippen LogP contribution >= 0.6 is 0 Å². The molecule has 5 heteroatoms. The van der Waals surface area contributed by atoms with E-state index in [1.807, 2.05) is 60.8 Å². The van der Waals surface area contributed by atoms with Gasteiger partial charge < -0.3 is 15.2 Å². The molecule has 34 heavy (non-hydrogen) atoms. The Morgan fingerprint density at radius 2 is 1.79 bits per heavy atom. The maximum atomic E-state index is 13.8. The maximum absolute atomic E-state index is 13.8. The van der Waals surface area contributed by atoms with Crippen molar-refractivity contribution in [2.75, 3.05) is 24.5 Å². The zero-order valence-corrected chi connectivity index (χ0v) is 19.1. The smallest absolute Gasteiger partial charge is 0.186 e. The molecule has 0 spiro atoms. The maximum Gasteiger partial charge on any atom is 0.186 e. The molecule has 0 bridgehead atoms. The largest absolute Gasteiger partial charge is 0.371 e. The van der Waals surface area contributed by atoms with Crippen LogP contribution in [0.3, 0.4) is 0 Å². The van der Waals surface area contributed by atoms with Gasteiger partial charge in [-0.05, 0) is 54.7 Å². The molecule has 1 unspecified atom stereocenters. The number of nitrogens with zero attached hydrogens (tertiary/aromatic N) is 2. The lowest BCUT2D eigenvalue weighted by Crippen LogP contribution is -2.30. The van der Waals surface area contributed by atoms with Gasteiger partial charge in [0.05, 0.1) is 17.7 Å². The van der Waals surface area contributed by atoms with Crippen molar-refractivity contribution >= 4 is 22.4 Å². The van der Waals surface area contributed by atoms with Crippen molar-refractivity contribution in [2.24, 2.45) is 0 Å². The summed E-state index contributed by atoms with van der Waals surface area (Å²) in [5.41, 5.74) is 5.66. The molecule has 170 valence electrons. The number of nitrogens with one attached hydrogen (secondary N) is 2. The summed E-state index contributed by atoms with van der Waals surface area (Å²) in [5, 5.41) is 13.4. The van der Waals surface area contributed by atoms with Crippen molar-refractivity contribution in [2.45, 2.75) is 25.3 Å². The lowest BCUT2D eigenvalue weighted by molar-refractivity contribution is 0.0945. The quantitative estimate of drug-likeness (QED) is 0.354. The highest BCUT2D eigenvalue weighted by Crippen LogP contribution is 2.29. The van der Waals surface area contributed by atoms with E-state index in [1.54, 1.807) is 0 Å². The van der Waals surface area contributed by atoms with Gasteiger partial charge in [0.1, 0.15) is 0 Å². The van der Waals surface area contributed by atoms with Crippen LogP contribution in [0.4, 0.5) is 5.69 Å². The number of anilines is 1. The zero-order valence-electron chi connectivity index (χ0n) is 19.1. The van der Waals surface area contributed by atoms with Gasteiger partial charge in [0.15, 0.2) is 5.78 Å². The van der Waals surface area contributed by atoms with Crippen LogP contribution < -0.4 is 10.2 Å². The first-order valence-electron chi connectivity index (χ1n) is 11.9. The molecule has 1 fully saturated rings. The Morgan fingerprint density at radius 1 is 1.03 bits per heavy atom. The van der Waals surface area contributed by atoms with Crippen LogP contribution in [-0.2, 0) is 6.42 Å². The molecule has 1 aliphatic heterocycles. The predicted molar refractivity (Wildman–Crippen MR) is 136 cm³/mol. The van der Waals surface area contributed by atoms with Crippen LogP contribution in [0.15, 0.2) is 79.0 Å². The van der Waals surface area contributed by atoms with Crippen LogP contribution in [0.1, 0.15) is 45.9 Å². The molecular formula is C29H28N4O. The second-order valence-corrected chi connectivity index (χ2v) is 8.85. The van der Waals surface area contributed by atoms with Gasteiger partial charge in [0, 0.05) is 48.0 Å². The molecule has 0 aliphatic carbocycles. The van der Waals surface area contributed by atoms with E-state index in [2.05, 4.69) is 39.5 Å². The highest BCUT2D eigenvalue weighted by molar-refractivity contribution is 6.11. The Kier molecular flexibility index (Phi) is 6.42. The minimum absolute atomic E-state index is 0.0613. The van der Waals surface area contributed by atoms with E-state index in [4.69, 9.17) is 5.26 Å². The fourth-order valence-electron chi connectivity index (χ4n) is 4.76. The summed E-state index contributed by atoms with van der Waals surface area (Å²) in [7, 11) is 0. The first-order chi connectivity index (χ1) is 16.7. The van der Waals surface area contributed by atoms with Crippen molar-refractivity contribution in [3.05, 3.63) is 101 Å². The van der Waals surface area contributed by atoms with Gasteiger partial charge in [-0.3, -0.25) is 4.79 Å². The lowest BCUT2D eigenvalue weighted by atomic mass is 9.96. The number of carbonyl (C=O) groups is 1. The van der Waals surface area contributed by atoms with Gasteiger partial charge >= 0.3 is 0 Å². The molecule has 0 amide bonds. The van der Waals surface area contributed by atoms with E-state index in [0.29, 0.717) is 17.7 Å². The molecule has 1 saturated heterocycles. The number of hydrogen-bond acceptors (Lipinski definition) is 4. The number of Topliss-reactive ketones (excluding diaryl/α,β-unsaturated/α-hetero) is 1. The number of hydrogen-bond donors (Lipinski definition) is 2. The van der Waals surface area contributed by atoms with E-state index in [1.165, 1.54) is 18.5 Å². The molecule has 5 nitrogen and oxygen atoms in total. The SMILES string of the molecule is N#Cc1ccc(CCNC(C(=O)c2c[nH]c3cc(N4CCCC4)ccc23)c2ccccc2)cc1. The molecule has 1 atom stereocenters. The minimum Gasteiger partial charge on any atom is -0.371 e. The second kappa shape index (κ2) is 9.94. The number of benzene rings is 3. The Bertz CT molecular complexity index is 1310. The average Bonchev–Trinajstić information content (AvgIpc) is 3.57. The topological polar surface area (TPSA) is 71.9 Å². The lowest BCUT2D eigenvalue weighted by Gasteiger charge is -2.19. The third-order valence-corrected chi connectivity index (χ3v) is 6.64. The van der Waals surface area contributed by atoms with E-state index < -0.39 is 6.04 Å². The number of nitriles is 1. The highest BCUT2D eigenvalue weighted by atomic mass is 16.1. The Balaban J connectivity index is 1.37. The number of ketones is 1. The monoisotopic (exact) mass is 448 g/mol. The molecular weight excluding hydrogens is 420 g/mol. The van der Waals surface area contributed by atoms with Gasteiger partial charge in [0.25, 0.3) is 0 Å². The third kappa shape index (κ3) is 4.59. The van der Waals surface area contributed by atoms with Crippen LogP contribution in [0.25, 0.3) is 10.9 Å². The average molecular weight is 449 g/mol. The molecule has 1 aliphatic rings. The summed E-state index contributed by atoms with van der Waals surface area (Å²) in [6.45, 7) is 2.84. The number of H-pyrrole nitrogens is 1. The number of aromatic nitrogens is 1. The Labute approximate surface area is 200 Å². The normalized spacial score (nSPS) is 14.3. The fraction of sp³-hybridized carbons (Fsp3) is 0.241. The fourth-order valence-corrected chi connectivity index (χ4v) is 4.76. The van der Waals surface area contributed by atoms with E-state index in [-0.39, 0.29) is 5.78 Å². The van der Waals surface area contributed by atoms with Crippen molar-refractivity contribution in [3.8, 4) is 6.07 Å². The molecule has 2 N–H and O–H groups in total. The molecule has 2 heterocycles. The van der Waals surface area contributed by atoms with Gasteiger partial charge in [-0.15, -0.1) is 0 Å². The molecule has 5 rings (SSSR count). The summed E-state index contributed by atoms with van der Waals surface area (Å²) >= 11 is 0. The molecule has 0 radical (unpaired) electrons. The van der Waals surface area contributed by atoms with Crippen LogP contribution in [0.2, 0.25) is 0 Å². The van der Waals surface area contributed by atoms with E-state index >= 15 is 0 Å². The van der Waals surface area contributed by atoms with Crippen molar-refractivity contribution in [3.63, 3.8) is 0 Å². The Morgan fingerprint density at radius 3 is 2.53 bits per heavy atom. The van der Waals surface area contributed by atoms with Gasteiger partial charge in [-0.1, -0.05) is 48.5 Å². The minimum atomic E-state index is -0.433. The first-order valence-corrected chi connectivity index (χ1v) is 11.9. The number of rotatable bonds is 8. The number of fused-ring (bicyclic) bond motifs is 1. The standard InChI is InChI=1S/C29H28N4O/c30-19-22-10-8-21(9-11-22)14-15-31-28(23-6-2-1-3-7-23)29(34)26-20-32-27-18-24(12-13-25(26)27)33-16-4-5-17-33/h1-3,6-13,18,20,28,31-32H,4-5,14-17H2.